The minimum absolute atomic E-state index is 0.0254. The molecule has 1 atom stereocenters. The van der Waals surface area contributed by atoms with E-state index in [1.165, 1.54) is 24.3 Å². The molecule has 0 aliphatic carbocycles. The van der Waals surface area contributed by atoms with Crippen LogP contribution in [0.3, 0.4) is 0 Å². The lowest BCUT2D eigenvalue weighted by molar-refractivity contribution is -0.136. The summed E-state index contributed by atoms with van der Waals surface area (Å²) < 4.78 is 18.9. The number of primary amides is 1. The van der Waals surface area contributed by atoms with Crippen molar-refractivity contribution in [2.24, 2.45) is 11.1 Å². The maximum absolute atomic E-state index is 13.1. The third-order valence-corrected chi connectivity index (χ3v) is 5.40. The summed E-state index contributed by atoms with van der Waals surface area (Å²) >= 11 is 6.01. The highest BCUT2D eigenvalue weighted by Gasteiger charge is 2.39. The topological polar surface area (TPSA) is 72.6 Å². The molecule has 0 bridgehead atoms. The van der Waals surface area contributed by atoms with E-state index in [-0.39, 0.29) is 31.2 Å². The molecule has 2 aromatic rings. The van der Waals surface area contributed by atoms with Crippen LogP contribution in [0.2, 0.25) is 5.02 Å². The first-order valence-corrected chi connectivity index (χ1v) is 9.92. The molecule has 1 aliphatic rings. The molecular formula is C22H24ClFN2O3. The summed E-state index contributed by atoms with van der Waals surface area (Å²) in [5.74, 6) is -0.295. The van der Waals surface area contributed by atoms with Crippen molar-refractivity contribution in [3.8, 4) is 5.75 Å². The molecule has 2 amide bonds. The second kappa shape index (κ2) is 9.27. The Bertz CT molecular complexity index is 875. The van der Waals surface area contributed by atoms with Crippen molar-refractivity contribution in [2.75, 3.05) is 19.7 Å². The molecule has 1 unspecified atom stereocenters. The lowest BCUT2D eigenvalue weighted by atomic mass is 9.77. The quantitative estimate of drug-likeness (QED) is 0.746. The summed E-state index contributed by atoms with van der Waals surface area (Å²) in [5, 5.41) is 0.588. The van der Waals surface area contributed by atoms with E-state index in [1.54, 1.807) is 17.0 Å². The van der Waals surface area contributed by atoms with Gasteiger partial charge in [-0.1, -0.05) is 23.7 Å². The molecule has 2 aromatic carbocycles. The Morgan fingerprint density at radius 2 is 1.97 bits per heavy atom. The number of piperidine rings is 1. The SMILES string of the molecule is NC(=O)CC1(COc2ccc(F)cc2)CCCN(C(=O)Cc2cccc(Cl)c2)C1. The fourth-order valence-electron chi connectivity index (χ4n) is 3.80. The molecular weight excluding hydrogens is 395 g/mol. The number of halogens is 2. The normalized spacial score (nSPS) is 19.0. The molecule has 1 fully saturated rings. The van der Waals surface area contributed by atoms with Crippen molar-refractivity contribution in [1.29, 1.82) is 0 Å². The average molecular weight is 419 g/mol. The van der Waals surface area contributed by atoms with Crippen LogP contribution in [0.4, 0.5) is 4.39 Å². The largest absolute Gasteiger partial charge is 0.493 e. The number of likely N-dealkylation sites (tertiary alicyclic amines) is 1. The molecule has 0 spiro atoms. The Labute approximate surface area is 174 Å². The summed E-state index contributed by atoms with van der Waals surface area (Å²) in [7, 11) is 0. The lowest BCUT2D eigenvalue weighted by Crippen LogP contribution is -2.50. The fourth-order valence-corrected chi connectivity index (χ4v) is 4.02. The van der Waals surface area contributed by atoms with Crippen LogP contribution < -0.4 is 10.5 Å². The first-order chi connectivity index (χ1) is 13.8. The van der Waals surface area contributed by atoms with Crippen LogP contribution in [0.25, 0.3) is 0 Å². The maximum atomic E-state index is 13.1. The highest BCUT2D eigenvalue weighted by Crippen LogP contribution is 2.34. The Hall–Kier alpha value is -2.60. The minimum Gasteiger partial charge on any atom is -0.493 e. The maximum Gasteiger partial charge on any atom is 0.227 e. The predicted molar refractivity (Wildman–Crippen MR) is 109 cm³/mol. The van der Waals surface area contributed by atoms with Gasteiger partial charge in [-0.3, -0.25) is 9.59 Å². The van der Waals surface area contributed by atoms with Crippen LogP contribution in [-0.2, 0) is 16.0 Å². The minimum atomic E-state index is -0.567. The Kier molecular flexibility index (Phi) is 6.75. The highest BCUT2D eigenvalue weighted by molar-refractivity contribution is 6.30. The van der Waals surface area contributed by atoms with E-state index >= 15 is 0 Å². The van der Waals surface area contributed by atoms with E-state index in [0.717, 1.165) is 18.4 Å². The number of nitrogens with two attached hydrogens (primary N) is 1. The number of carbonyl (C=O) groups excluding carboxylic acids is 2. The van der Waals surface area contributed by atoms with Crippen LogP contribution >= 0.6 is 11.6 Å². The van der Waals surface area contributed by atoms with Gasteiger partial charge in [-0.15, -0.1) is 0 Å². The van der Waals surface area contributed by atoms with Crippen molar-refractivity contribution in [3.05, 3.63) is 64.9 Å². The zero-order valence-corrected chi connectivity index (χ0v) is 16.8. The summed E-state index contributed by atoms with van der Waals surface area (Å²) in [4.78, 5) is 26.3. The van der Waals surface area contributed by atoms with E-state index in [9.17, 15) is 14.0 Å². The van der Waals surface area contributed by atoms with Crippen LogP contribution in [0, 0.1) is 11.2 Å². The number of ether oxygens (including phenoxy) is 1. The van der Waals surface area contributed by atoms with Gasteiger partial charge in [0.15, 0.2) is 0 Å². The molecule has 29 heavy (non-hydrogen) atoms. The van der Waals surface area contributed by atoms with Gasteiger partial charge in [0, 0.05) is 29.9 Å². The molecule has 3 rings (SSSR count). The van der Waals surface area contributed by atoms with Crippen LogP contribution in [0.1, 0.15) is 24.8 Å². The molecule has 1 heterocycles. The van der Waals surface area contributed by atoms with Gasteiger partial charge in [0.1, 0.15) is 11.6 Å². The van der Waals surface area contributed by atoms with E-state index in [1.807, 2.05) is 12.1 Å². The molecule has 0 saturated carbocycles. The average Bonchev–Trinajstić information content (AvgIpc) is 2.67. The van der Waals surface area contributed by atoms with Gasteiger partial charge in [0.25, 0.3) is 0 Å². The third kappa shape index (κ3) is 5.94. The van der Waals surface area contributed by atoms with Gasteiger partial charge in [0.2, 0.25) is 11.8 Å². The third-order valence-electron chi connectivity index (χ3n) is 5.17. The summed E-state index contributed by atoms with van der Waals surface area (Å²) in [6.07, 6.45) is 1.83. The Morgan fingerprint density at radius 3 is 2.66 bits per heavy atom. The van der Waals surface area contributed by atoms with Gasteiger partial charge >= 0.3 is 0 Å². The van der Waals surface area contributed by atoms with Gasteiger partial charge in [-0.05, 0) is 54.8 Å². The molecule has 5 nitrogen and oxygen atoms in total. The number of nitrogens with zero attached hydrogens (tertiary/aromatic N) is 1. The number of hydrogen-bond donors (Lipinski definition) is 1. The van der Waals surface area contributed by atoms with Crippen LogP contribution in [0.15, 0.2) is 48.5 Å². The van der Waals surface area contributed by atoms with E-state index in [0.29, 0.717) is 23.9 Å². The van der Waals surface area contributed by atoms with Gasteiger partial charge in [0.05, 0.1) is 13.0 Å². The monoisotopic (exact) mass is 418 g/mol. The predicted octanol–water partition coefficient (Wildman–Crippen LogP) is 3.58. The lowest BCUT2D eigenvalue weighted by Gasteiger charge is -2.42. The number of carbonyl (C=O) groups is 2. The smallest absolute Gasteiger partial charge is 0.227 e. The number of amides is 2. The first kappa shape index (κ1) is 21.1. The molecule has 1 aliphatic heterocycles. The summed E-state index contributed by atoms with van der Waals surface area (Å²) in [5.41, 5.74) is 5.77. The van der Waals surface area contributed by atoms with Gasteiger partial charge < -0.3 is 15.4 Å². The molecule has 154 valence electrons. The molecule has 7 heteroatoms. The molecule has 2 N–H and O–H groups in total. The Balaban J connectivity index is 1.70. The second-order valence-electron chi connectivity index (χ2n) is 7.61. The fraction of sp³-hybridized carbons (Fsp3) is 0.364. The summed E-state index contributed by atoms with van der Waals surface area (Å²) in [6.45, 7) is 1.23. The van der Waals surface area contributed by atoms with Crippen molar-refractivity contribution in [1.82, 2.24) is 4.90 Å². The zero-order valence-electron chi connectivity index (χ0n) is 16.1. The van der Waals surface area contributed by atoms with Gasteiger partial charge in [-0.25, -0.2) is 4.39 Å². The Morgan fingerprint density at radius 1 is 1.21 bits per heavy atom. The van der Waals surface area contributed by atoms with Crippen molar-refractivity contribution >= 4 is 23.4 Å². The second-order valence-corrected chi connectivity index (χ2v) is 8.05. The van der Waals surface area contributed by atoms with Crippen molar-refractivity contribution < 1.29 is 18.7 Å². The standard InChI is InChI=1S/C22H24ClFN2O3/c23-17-4-1-3-16(11-17)12-21(28)26-10-2-9-22(14-26,13-20(25)27)15-29-19-7-5-18(24)6-8-19/h1,3-8,11H,2,9-10,12-15H2,(H2,25,27). The number of rotatable bonds is 7. The molecule has 1 saturated heterocycles. The number of benzene rings is 2. The van der Waals surface area contributed by atoms with Crippen molar-refractivity contribution in [2.45, 2.75) is 25.7 Å². The van der Waals surface area contributed by atoms with E-state index < -0.39 is 11.3 Å². The number of hydrogen-bond acceptors (Lipinski definition) is 3. The van der Waals surface area contributed by atoms with Crippen LogP contribution in [-0.4, -0.2) is 36.4 Å². The van der Waals surface area contributed by atoms with Gasteiger partial charge in [-0.2, -0.15) is 0 Å². The highest BCUT2D eigenvalue weighted by atomic mass is 35.5. The summed E-state index contributed by atoms with van der Waals surface area (Å²) in [6, 6.07) is 12.9. The zero-order chi connectivity index (χ0) is 20.9. The van der Waals surface area contributed by atoms with Crippen LogP contribution in [0.5, 0.6) is 5.75 Å². The molecule has 0 aromatic heterocycles. The van der Waals surface area contributed by atoms with E-state index in [2.05, 4.69) is 0 Å². The first-order valence-electron chi connectivity index (χ1n) is 9.54. The van der Waals surface area contributed by atoms with E-state index in [4.69, 9.17) is 22.1 Å². The molecule has 0 radical (unpaired) electrons. The van der Waals surface area contributed by atoms with Crippen molar-refractivity contribution in [3.63, 3.8) is 0 Å².